The third-order valence-corrected chi connectivity index (χ3v) is 9.55. The minimum atomic E-state index is 0.574. The molecule has 0 radical (unpaired) electrons. The first-order valence-corrected chi connectivity index (χ1v) is 16.0. The van der Waals surface area contributed by atoms with Gasteiger partial charge in [0.25, 0.3) is 0 Å². The van der Waals surface area contributed by atoms with Crippen molar-refractivity contribution in [2.75, 3.05) is 0 Å². The number of rotatable bonds is 5. The van der Waals surface area contributed by atoms with Gasteiger partial charge in [0.1, 0.15) is 11.2 Å². The van der Waals surface area contributed by atoms with E-state index in [2.05, 4.69) is 115 Å². The van der Waals surface area contributed by atoms with Crippen molar-refractivity contribution in [1.82, 2.24) is 15.0 Å². The Hall–Kier alpha value is -5.91. The zero-order valence-electron chi connectivity index (χ0n) is 24.6. The Morgan fingerprint density at radius 3 is 1.78 bits per heavy atom. The SMILES string of the molecule is c1ccc(-c2ccc(-c3nc(-c4ccc(-c5cc6ccccc6s5)cc4)nc(-c4cccc5c4oc4ccccc45)n3)cc2)cc1. The summed E-state index contributed by atoms with van der Waals surface area (Å²) in [5.74, 6) is 1.80. The minimum Gasteiger partial charge on any atom is -0.455 e. The number of fused-ring (bicyclic) bond motifs is 4. The van der Waals surface area contributed by atoms with Gasteiger partial charge in [0, 0.05) is 31.5 Å². The number of nitrogens with zero attached hydrogens (tertiary/aromatic N) is 3. The Morgan fingerprint density at radius 1 is 0.435 bits per heavy atom. The average molecular weight is 608 g/mol. The van der Waals surface area contributed by atoms with Crippen molar-refractivity contribution in [2.45, 2.75) is 0 Å². The summed E-state index contributed by atoms with van der Waals surface area (Å²) in [4.78, 5) is 16.3. The average Bonchev–Trinajstić information content (AvgIpc) is 3.74. The van der Waals surface area contributed by atoms with Crippen LogP contribution in [0.4, 0.5) is 0 Å². The molecule has 5 heteroatoms. The normalized spacial score (nSPS) is 11.5. The molecule has 0 unspecified atom stereocenters. The van der Waals surface area contributed by atoms with E-state index in [9.17, 15) is 0 Å². The van der Waals surface area contributed by atoms with Crippen LogP contribution in [-0.2, 0) is 0 Å². The molecule has 9 aromatic rings. The van der Waals surface area contributed by atoms with Crippen LogP contribution in [0.3, 0.4) is 0 Å². The van der Waals surface area contributed by atoms with Crippen molar-refractivity contribution in [3.05, 3.63) is 152 Å². The monoisotopic (exact) mass is 607 g/mol. The lowest BCUT2D eigenvalue weighted by Gasteiger charge is -2.10. The molecular weight excluding hydrogens is 583 g/mol. The molecule has 0 bridgehead atoms. The first-order valence-electron chi connectivity index (χ1n) is 15.2. The molecule has 46 heavy (non-hydrogen) atoms. The summed E-state index contributed by atoms with van der Waals surface area (Å²) in [6, 6.07) is 52.3. The highest BCUT2D eigenvalue weighted by molar-refractivity contribution is 7.22. The molecule has 4 nitrogen and oxygen atoms in total. The molecule has 3 aromatic heterocycles. The van der Waals surface area contributed by atoms with Crippen LogP contribution in [0, 0.1) is 0 Å². The molecule has 0 amide bonds. The van der Waals surface area contributed by atoms with Gasteiger partial charge in [-0.3, -0.25) is 0 Å². The van der Waals surface area contributed by atoms with Crippen LogP contribution in [-0.4, -0.2) is 15.0 Å². The van der Waals surface area contributed by atoms with Crippen LogP contribution in [0.15, 0.2) is 156 Å². The number of benzene rings is 6. The molecule has 0 aliphatic carbocycles. The van der Waals surface area contributed by atoms with E-state index in [1.165, 1.54) is 26.1 Å². The molecule has 0 N–H and O–H groups in total. The summed E-state index contributed by atoms with van der Waals surface area (Å²) in [7, 11) is 0. The summed E-state index contributed by atoms with van der Waals surface area (Å²) >= 11 is 1.80. The van der Waals surface area contributed by atoms with Gasteiger partial charge in [0.15, 0.2) is 17.5 Å². The van der Waals surface area contributed by atoms with Crippen LogP contribution in [0.5, 0.6) is 0 Å². The van der Waals surface area contributed by atoms with Crippen molar-refractivity contribution in [1.29, 1.82) is 0 Å². The van der Waals surface area contributed by atoms with Gasteiger partial charge >= 0.3 is 0 Å². The Labute approximate surface area is 269 Å². The highest BCUT2D eigenvalue weighted by Gasteiger charge is 2.18. The Bertz CT molecular complexity index is 2480. The molecule has 9 rings (SSSR count). The van der Waals surface area contributed by atoms with E-state index in [0.717, 1.165) is 44.2 Å². The third kappa shape index (κ3) is 4.66. The maximum absolute atomic E-state index is 6.38. The van der Waals surface area contributed by atoms with Gasteiger partial charge in [0.05, 0.1) is 5.56 Å². The Kier molecular flexibility index (Phi) is 6.28. The van der Waals surface area contributed by atoms with Gasteiger partial charge in [-0.15, -0.1) is 11.3 Å². The van der Waals surface area contributed by atoms with Gasteiger partial charge in [-0.1, -0.05) is 127 Å². The second-order valence-electron chi connectivity index (χ2n) is 11.3. The van der Waals surface area contributed by atoms with Crippen molar-refractivity contribution >= 4 is 43.4 Å². The first-order chi connectivity index (χ1) is 22.8. The lowest BCUT2D eigenvalue weighted by atomic mass is 10.0. The van der Waals surface area contributed by atoms with E-state index in [4.69, 9.17) is 19.4 Å². The van der Waals surface area contributed by atoms with Gasteiger partial charge < -0.3 is 4.42 Å². The number of furan rings is 1. The quantitative estimate of drug-likeness (QED) is 0.195. The fourth-order valence-electron chi connectivity index (χ4n) is 6.03. The second-order valence-corrected chi connectivity index (χ2v) is 12.3. The molecule has 0 aliphatic heterocycles. The molecule has 0 aliphatic rings. The fourth-order valence-corrected chi connectivity index (χ4v) is 7.10. The van der Waals surface area contributed by atoms with E-state index in [0.29, 0.717) is 17.5 Å². The number of hydrogen-bond donors (Lipinski definition) is 0. The topological polar surface area (TPSA) is 51.8 Å². The summed E-state index contributed by atoms with van der Waals surface area (Å²) < 4.78 is 7.67. The maximum Gasteiger partial charge on any atom is 0.167 e. The highest BCUT2D eigenvalue weighted by Crippen LogP contribution is 2.37. The van der Waals surface area contributed by atoms with E-state index < -0.39 is 0 Å². The predicted molar refractivity (Wildman–Crippen MR) is 190 cm³/mol. The Balaban J connectivity index is 1.18. The smallest absolute Gasteiger partial charge is 0.167 e. The van der Waals surface area contributed by atoms with Crippen LogP contribution < -0.4 is 0 Å². The fraction of sp³-hybridized carbons (Fsp3) is 0. The lowest BCUT2D eigenvalue weighted by Crippen LogP contribution is -2.00. The highest BCUT2D eigenvalue weighted by atomic mass is 32.1. The van der Waals surface area contributed by atoms with Gasteiger partial charge in [-0.2, -0.15) is 0 Å². The summed E-state index contributed by atoms with van der Waals surface area (Å²) in [6.45, 7) is 0. The Morgan fingerprint density at radius 2 is 1.02 bits per heavy atom. The van der Waals surface area contributed by atoms with E-state index in [1.807, 2.05) is 36.4 Å². The number of hydrogen-bond acceptors (Lipinski definition) is 5. The van der Waals surface area contributed by atoms with Crippen molar-refractivity contribution in [3.8, 4) is 55.7 Å². The number of para-hydroxylation sites is 2. The zero-order chi connectivity index (χ0) is 30.5. The molecule has 0 saturated carbocycles. The summed E-state index contributed by atoms with van der Waals surface area (Å²) in [5, 5.41) is 3.37. The molecule has 0 spiro atoms. The van der Waals surface area contributed by atoms with Crippen LogP contribution in [0.25, 0.3) is 87.8 Å². The predicted octanol–water partition coefficient (Wildman–Crippen LogP) is 11.3. The van der Waals surface area contributed by atoms with Gasteiger partial charge in [-0.25, -0.2) is 15.0 Å². The van der Waals surface area contributed by atoms with Crippen molar-refractivity contribution in [3.63, 3.8) is 0 Å². The van der Waals surface area contributed by atoms with Crippen LogP contribution in [0.2, 0.25) is 0 Å². The zero-order valence-corrected chi connectivity index (χ0v) is 25.4. The van der Waals surface area contributed by atoms with E-state index >= 15 is 0 Å². The van der Waals surface area contributed by atoms with Crippen molar-refractivity contribution < 1.29 is 4.42 Å². The first kappa shape index (κ1) is 26.5. The molecular formula is C41H25N3OS. The molecule has 216 valence electrons. The second kappa shape index (κ2) is 10.9. The van der Waals surface area contributed by atoms with Crippen molar-refractivity contribution in [2.24, 2.45) is 0 Å². The molecule has 3 heterocycles. The van der Waals surface area contributed by atoms with Crippen LogP contribution >= 0.6 is 11.3 Å². The number of aromatic nitrogens is 3. The molecule has 0 saturated heterocycles. The van der Waals surface area contributed by atoms with E-state index in [1.54, 1.807) is 11.3 Å². The standard InChI is InChI=1S/C41H25N3OS/c1-2-9-26(10-3-1)27-17-21-29(22-18-27)39-42-40(30-23-19-28(20-24-30)37-25-31-11-4-7-16-36(31)46-37)44-41(43-39)34-14-8-13-33-32-12-5-6-15-35(32)45-38(33)34/h1-25H. The number of thiophene rings is 1. The minimum absolute atomic E-state index is 0.574. The summed E-state index contributed by atoms with van der Waals surface area (Å²) in [5.41, 5.74) is 7.77. The van der Waals surface area contributed by atoms with E-state index in [-0.39, 0.29) is 0 Å². The third-order valence-electron chi connectivity index (χ3n) is 8.38. The van der Waals surface area contributed by atoms with Crippen LogP contribution in [0.1, 0.15) is 0 Å². The van der Waals surface area contributed by atoms with Gasteiger partial charge in [-0.05, 0) is 46.3 Å². The van der Waals surface area contributed by atoms with Gasteiger partial charge in [0.2, 0.25) is 0 Å². The molecule has 6 aromatic carbocycles. The molecule has 0 fully saturated rings. The largest absolute Gasteiger partial charge is 0.455 e. The lowest BCUT2D eigenvalue weighted by molar-refractivity contribution is 0.669. The molecule has 0 atom stereocenters. The summed E-state index contributed by atoms with van der Waals surface area (Å²) in [6.07, 6.45) is 0. The maximum atomic E-state index is 6.38.